The quantitative estimate of drug-likeness (QED) is 0.169. The maximum atomic E-state index is 6.68. The lowest BCUT2D eigenvalue weighted by atomic mass is 9.82. The Kier molecular flexibility index (Phi) is 7.55. The number of anilines is 3. The molecule has 0 bridgehead atoms. The van der Waals surface area contributed by atoms with Crippen molar-refractivity contribution < 1.29 is 4.42 Å². The standard InChI is InChI=1S/C55H39NO/c1-55(2)48-30-9-5-25-47(48)53-44(27-16-31-49(53)55)41-22-6-10-32-50(41)56(38-20-13-19-37(35-38)40-26-14-18-36-17-3-4-21-39(36)40)51-33-11-7-23-42(51)45-28-15-29-46-43-24-8-12-34-52(43)57-54(45)46/h3-35H,1-2H3. The van der Waals surface area contributed by atoms with Crippen LogP contribution in [-0.2, 0) is 5.41 Å². The van der Waals surface area contributed by atoms with Crippen LogP contribution in [0.5, 0.6) is 0 Å². The summed E-state index contributed by atoms with van der Waals surface area (Å²) in [6, 6.07) is 72.6. The first-order valence-corrected chi connectivity index (χ1v) is 19.8. The van der Waals surface area contributed by atoms with Gasteiger partial charge in [-0.2, -0.15) is 0 Å². The predicted octanol–water partition coefficient (Wildman–Crippen LogP) is 15.5. The summed E-state index contributed by atoms with van der Waals surface area (Å²) in [5, 5.41) is 4.71. The molecule has 57 heavy (non-hydrogen) atoms. The first-order valence-electron chi connectivity index (χ1n) is 19.8. The Morgan fingerprint density at radius 2 is 0.947 bits per heavy atom. The number of para-hydroxylation sites is 4. The van der Waals surface area contributed by atoms with Gasteiger partial charge < -0.3 is 9.32 Å². The van der Waals surface area contributed by atoms with Gasteiger partial charge in [0.05, 0.1) is 11.4 Å². The fourth-order valence-electron chi connectivity index (χ4n) is 9.43. The Bertz CT molecular complexity index is 3180. The molecule has 1 heterocycles. The Hall–Kier alpha value is -7.16. The van der Waals surface area contributed by atoms with Crippen LogP contribution < -0.4 is 4.90 Å². The lowest BCUT2D eigenvalue weighted by molar-refractivity contribution is 0.660. The van der Waals surface area contributed by atoms with Crippen molar-refractivity contribution in [1.29, 1.82) is 0 Å². The number of fused-ring (bicyclic) bond motifs is 7. The van der Waals surface area contributed by atoms with Gasteiger partial charge in [0.15, 0.2) is 0 Å². The average Bonchev–Trinajstić information content (AvgIpc) is 3.76. The van der Waals surface area contributed by atoms with Crippen molar-refractivity contribution in [3.8, 4) is 44.5 Å². The van der Waals surface area contributed by atoms with Crippen molar-refractivity contribution in [3.63, 3.8) is 0 Å². The summed E-state index contributed by atoms with van der Waals surface area (Å²) in [5.41, 5.74) is 17.2. The molecule has 10 aromatic rings. The fourth-order valence-corrected chi connectivity index (χ4v) is 9.43. The second-order valence-corrected chi connectivity index (χ2v) is 15.6. The van der Waals surface area contributed by atoms with E-state index in [1.807, 2.05) is 6.07 Å². The van der Waals surface area contributed by atoms with Gasteiger partial charge in [-0.1, -0.05) is 184 Å². The molecule has 0 unspecified atom stereocenters. The second kappa shape index (κ2) is 13.0. The SMILES string of the molecule is CC1(C)c2ccccc2-c2c(-c3ccccc3N(c3cccc(-c4cccc5ccccc45)c3)c3ccccc3-c3cccc4c3oc3ccccc34)cccc21. The van der Waals surface area contributed by atoms with E-state index < -0.39 is 0 Å². The van der Waals surface area contributed by atoms with Gasteiger partial charge in [0.1, 0.15) is 11.2 Å². The average molecular weight is 730 g/mol. The maximum absolute atomic E-state index is 6.68. The van der Waals surface area contributed by atoms with Crippen LogP contribution in [0.25, 0.3) is 77.2 Å². The van der Waals surface area contributed by atoms with Gasteiger partial charge in [-0.25, -0.2) is 0 Å². The molecule has 0 saturated heterocycles. The minimum absolute atomic E-state index is 0.110. The second-order valence-electron chi connectivity index (χ2n) is 15.6. The van der Waals surface area contributed by atoms with Crippen molar-refractivity contribution in [1.82, 2.24) is 0 Å². The molecule has 0 N–H and O–H groups in total. The Balaban J connectivity index is 1.19. The molecule has 1 aromatic heterocycles. The van der Waals surface area contributed by atoms with E-state index in [0.29, 0.717) is 0 Å². The number of rotatable bonds is 6. The minimum atomic E-state index is -0.110. The molecular weight excluding hydrogens is 691 g/mol. The summed E-state index contributed by atoms with van der Waals surface area (Å²) in [6.07, 6.45) is 0. The Labute approximate surface area is 332 Å². The van der Waals surface area contributed by atoms with E-state index in [-0.39, 0.29) is 5.41 Å². The van der Waals surface area contributed by atoms with Gasteiger partial charge in [-0.05, 0) is 80.0 Å². The monoisotopic (exact) mass is 729 g/mol. The van der Waals surface area contributed by atoms with Gasteiger partial charge in [0.2, 0.25) is 0 Å². The molecule has 0 aliphatic heterocycles. The highest BCUT2D eigenvalue weighted by Gasteiger charge is 2.37. The van der Waals surface area contributed by atoms with Crippen LogP contribution >= 0.6 is 0 Å². The minimum Gasteiger partial charge on any atom is -0.455 e. The highest BCUT2D eigenvalue weighted by atomic mass is 16.3. The highest BCUT2D eigenvalue weighted by Crippen LogP contribution is 2.54. The molecule has 270 valence electrons. The normalized spacial score (nSPS) is 12.9. The van der Waals surface area contributed by atoms with Crippen LogP contribution in [-0.4, -0.2) is 0 Å². The van der Waals surface area contributed by atoms with Gasteiger partial charge in [0.25, 0.3) is 0 Å². The molecule has 0 atom stereocenters. The fraction of sp³-hybridized carbons (Fsp3) is 0.0545. The first-order chi connectivity index (χ1) is 28.1. The van der Waals surface area contributed by atoms with Gasteiger partial charge >= 0.3 is 0 Å². The first kappa shape index (κ1) is 33.2. The molecule has 0 radical (unpaired) electrons. The van der Waals surface area contributed by atoms with E-state index in [4.69, 9.17) is 4.42 Å². The van der Waals surface area contributed by atoms with Crippen LogP contribution in [0.3, 0.4) is 0 Å². The summed E-state index contributed by atoms with van der Waals surface area (Å²) in [5.74, 6) is 0. The molecule has 11 rings (SSSR count). The number of hydrogen-bond donors (Lipinski definition) is 0. The summed E-state index contributed by atoms with van der Waals surface area (Å²) < 4.78 is 6.68. The molecule has 1 aliphatic rings. The van der Waals surface area contributed by atoms with Gasteiger partial charge in [-0.3, -0.25) is 0 Å². The highest BCUT2D eigenvalue weighted by molar-refractivity contribution is 6.11. The smallest absolute Gasteiger partial charge is 0.143 e. The van der Waals surface area contributed by atoms with Gasteiger partial charge in [-0.15, -0.1) is 0 Å². The molecule has 2 nitrogen and oxygen atoms in total. The van der Waals surface area contributed by atoms with Crippen LogP contribution in [0.4, 0.5) is 17.1 Å². The van der Waals surface area contributed by atoms with E-state index in [0.717, 1.165) is 50.1 Å². The predicted molar refractivity (Wildman–Crippen MR) is 240 cm³/mol. The number of nitrogens with zero attached hydrogens (tertiary/aromatic N) is 1. The van der Waals surface area contributed by atoms with Crippen molar-refractivity contribution in [2.45, 2.75) is 19.3 Å². The van der Waals surface area contributed by atoms with Crippen LogP contribution in [0, 0.1) is 0 Å². The van der Waals surface area contributed by atoms with Crippen molar-refractivity contribution in [3.05, 3.63) is 211 Å². The topological polar surface area (TPSA) is 16.4 Å². The summed E-state index contributed by atoms with van der Waals surface area (Å²) in [7, 11) is 0. The van der Waals surface area contributed by atoms with Crippen molar-refractivity contribution in [2.24, 2.45) is 0 Å². The zero-order valence-electron chi connectivity index (χ0n) is 31.9. The molecule has 9 aromatic carbocycles. The van der Waals surface area contributed by atoms with E-state index in [9.17, 15) is 0 Å². The molecular formula is C55H39NO. The number of hydrogen-bond acceptors (Lipinski definition) is 2. The van der Waals surface area contributed by atoms with Crippen LogP contribution in [0.1, 0.15) is 25.0 Å². The largest absolute Gasteiger partial charge is 0.455 e. The van der Waals surface area contributed by atoms with E-state index in [1.54, 1.807) is 0 Å². The maximum Gasteiger partial charge on any atom is 0.143 e. The number of benzene rings is 9. The van der Waals surface area contributed by atoms with Crippen LogP contribution in [0.15, 0.2) is 205 Å². The van der Waals surface area contributed by atoms with E-state index in [1.165, 1.54) is 55.3 Å². The Morgan fingerprint density at radius 1 is 0.404 bits per heavy atom. The molecule has 0 fully saturated rings. The number of furan rings is 1. The zero-order valence-corrected chi connectivity index (χ0v) is 31.9. The molecule has 0 saturated carbocycles. The zero-order chi connectivity index (χ0) is 38.1. The molecule has 1 aliphatic carbocycles. The summed E-state index contributed by atoms with van der Waals surface area (Å²) >= 11 is 0. The van der Waals surface area contributed by atoms with Crippen LogP contribution in [0.2, 0.25) is 0 Å². The third-order valence-electron chi connectivity index (χ3n) is 12.1. The lowest BCUT2D eigenvalue weighted by Gasteiger charge is -2.31. The Morgan fingerprint density at radius 3 is 1.79 bits per heavy atom. The molecule has 0 amide bonds. The summed E-state index contributed by atoms with van der Waals surface area (Å²) in [6.45, 7) is 4.71. The third kappa shape index (κ3) is 5.18. The van der Waals surface area contributed by atoms with E-state index >= 15 is 0 Å². The summed E-state index contributed by atoms with van der Waals surface area (Å²) in [4.78, 5) is 2.46. The van der Waals surface area contributed by atoms with Crippen molar-refractivity contribution in [2.75, 3.05) is 4.90 Å². The van der Waals surface area contributed by atoms with Gasteiger partial charge in [0, 0.05) is 38.6 Å². The molecule has 2 heteroatoms. The third-order valence-corrected chi connectivity index (χ3v) is 12.1. The molecule has 0 spiro atoms. The van der Waals surface area contributed by atoms with Crippen molar-refractivity contribution >= 4 is 49.8 Å². The lowest BCUT2D eigenvalue weighted by Crippen LogP contribution is -2.15. The van der Waals surface area contributed by atoms with E-state index in [2.05, 4.69) is 213 Å².